The maximum absolute atomic E-state index is 13.7. The number of ether oxygens (including phenoxy) is 1. The molecular weight excluding hydrogens is 541 g/mol. The molecule has 0 aliphatic heterocycles. The lowest BCUT2D eigenvalue weighted by atomic mass is 10.1. The third kappa shape index (κ3) is 7.07. The summed E-state index contributed by atoms with van der Waals surface area (Å²) >= 11 is 0. The van der Waals surface area contributed by atoms with Gasteiger partial charge in [-0.05, 0) is 55.3 Å². The van der Waals surface area contributed by atoms with Crippen LogP contribution in [0.5, 0.6) is 0 Å². The Labute approximate surface area is 233 Å². The van der Waals surface area contributed by atoms with E-state index in [0.29, 0.717) is 16.6 Å². The third-order valence-electron chi connectivity index (χ3n) is 6.25. The lowest BCUT2D eigenvalue weighted by molar-refractivity contribution is -0.149. The molecule has 0 spiro atoms. The Bertz CT molecular complexity index is 1570. The highest BCUT2D eigenvalue weighted by molar-refractivity contribution is 5.80. The number of aromatic nitrogens is 3. The van der Waals surface area contributed by atoms with E-state index in [1.165, 1.54) is 17.0 Å². The molecule has 1 amide bonds. The molecule has 0 saturated heterocycles. The minimum absolute atomic E-state index is 0.0441. The Morgan fingerprint density at radius 1 is 1.02 bits per heavy atom. The highest BCUT2D eigenvalue weighted by Gasteiger charge is 2.31. The van der Waals surface area contributed by atoms with Gasteiger partial charge in [-0.1, -0.05) is 30.3 Å². The van der Waals surface area contributed by atoms with Gasteiger partial charge < -0.3 is 14.5 Å². The van der Waals surface area contributed by atoms with Crippen LogP contribution in [0.1, 0.15) is 42.4 Å². The molecule has 2 heterocycles. The zero-order valence-electron chi connectivity index (χ0n) is 22.3. The first-order valence-corrected chi connectivity index (χ1v) is 12.7. The molecule has 2 aromatic heterocycles. The van der Waals surface area contributed by atoms with E-state index < -0.39 is 41.8 Å². The van der Waals surface area contributed by atoms with Gasteiger partial charge in [-0.15, -0.1) is 4.73 Å². The molecule has 12 heteroatoms. The molecule has 4 rings (SSSR count). The smallest absolute Gasteiger partial charge is 0.416 e. The van der Waals surface area contributed by atoms with E-state index in [-0.39, 0.29) is 30.8 Å². The first-order chi connectivity index (χ1) is 19.6. The monoisotopic (exact) mass is 568 g/mol. The fourth-order valence-electron chi connectivity index (χ4n) is 4.20. The number of pyridine rings is 1. The Kier molecular flexibility index (Phi) is 9.00. The standard InChI is InChI=1S/C29H27F3N4O5/c1-3-40-26(38)18-41-36-27(34-24-9-5-4-8-23(24)28(36)39)19(2)35(17-21-7-6-14-33-16-21)25(37)15-20-10-12-22(13-11-20)29(30,31)32/h4-14,16,19H,3,15,17-18H2,1-2H3/t19-/m1/s1. The molecule has 0 radical (unpaired) electrons. The number of nitrogens with zero attached hydrogens (tertiary/aromatic N) is 4. The number of para-hydroxylation sites is 1. The van der Waals surface area contributed by atoms with Crippen LogP contribution in [0.2, 0.25) is 0 Å². The molecule has 0 fully saturated rings. The van der Waals surface area contributed by atoms with Crippen molar-refractivity contribution in [2.24, 2.45) is 0 Å². The van der Waals surface area contributed by atoms with E-state index in [0.717, 1.165) is 16.9 Å². The second kappa shape index (κ2) is 12.6. The van der Waals surface area contributed by atoms with Crippen molar-refractivity contribution >= 4 is 22.8 Å². The van der Waals surface area contributed by atoms with Crippen LogP contribution in [0.3, 0.4) is 0 Å². The van der Waals surface area contributed by atoms with Gasteiger partial charge in [0.15, 0.2) is 5.82 Å². The molecule has 1 atom stereocenters. The van der Waals surface area contributed by atoms with Crippen molar-refractivity contribution in [3.05, 3.63) is 106 Å². The van der Waals surface area contributed by atoms with Crippen LogP contribution in [-0.4, -0.2) is 44.7 Å². The zero-order valence-corrected chi connectivity index (χ0v) is 22.3. The van der Waals surface area contributed by atoms with E-state index in [9.17, 15) is 27.6 Å². The van der Waals surface area contributed by atoms with Gasteiger partial charge >= 0.3 is 12.1 Å². The van der Waals surface area contributed by atoms with Crippen molar-refractivity contribution in [3.63, 3.8) is 0 Å². The summed E-state index contributed by atoms with van der Waals surface area (Å²) in [4.78, 5) is 54.8. The molecule has 0 aliphatic rings. The quantitative estimate of drug-likeness (QED) is 0.265. The van der Waals surface area contributed by atoms with E-state index in [2.05, 4.69) is 9.97 Å². The van der Waals surface area contributed by atoms with Crippen LogP contribution < -0.4 is 10.4 Å². The van der Waals surface area contributed by atoms with Gasteiger partial charge in [-0.2, -0.15) is 13.2 Å². The maximum Gasteiger partial charge on any atom is 0.416 e. The van der Waals surface area contributed by atoms with E-state index >= 15 is 0 Å². The van der Waals surface area contributed by atoms with Crippen molar-refractivity contribution in [1.82, 2.24) is 19.6 Å². The first-order valence-electron chi connectivity index (χ1n) is 12.7. The van der Waals surface area contributed by atoms with E-state index in [4.69, 9.17) is 9.57 Å². The predicted octanol–water partition coefficient (Wildman–Crippen LogP) is 4.13. The number of carbonyl (C=O) groups excluding carboxylic acids is 2. The van der Waals surface area contributed by atoms with Crippen LogP contribution >= 0.6 is 0 Å². The Balaban J connectivity index is 1.73. The Hall–Kier alpha value is -4.74. The first kappa shape index (κ1) is 29.2. The van der Waals surface area contributed by atoms with Gasteiger partial charge in [0, 0.05) is 18.9 Å². The fourth-order valence-corrected chi connectivity index (χ4v) is 4.20. The van der Waals surface area contributed by atoms with Gasteiger partial charge in [-0.25, -0.2) is 9.78 Å². The van der Waals surface area contributed by atoms with Crippen LogP contribution in [0.25, 0.3) is 10.9 Å². The number of halogens is 3. The van der Waals surface area contributed by atoms with Crippen molar-refractivity contribution in [2.45, 2.75) is 39.0 Å². The number of alkyl halides is 3. The SMILES string of the molecule is CCOC(=O)COn1c([C@@H](C)N(Cc2cccnc2)C(=O)Cc2ccc(C(F)(F)F)cc2)nc2ccccc2c1=O. The average Bonchev–Trinajstić information content (AvgIpc) is 2.95. The summed E-state index contributed by atoms with van der Waals surface area (Å²) < 4.78 is 44.9. The van der Waals surface area contributed by atoms with Gasteiger partial charge in [-0.3, -0.25) is 14.6 Å². The van der Waals surface area contributed by atoms with Crippen molar-refractivity contribution in [2.75, 3.05) is 13.2 Å². The largest absolute Gasteiger partial charge is 0.463 e. The Morgan fingerprint density at radius 2 is 1.76 bits per heavy atom. The molecule has 0 aliphatic carbocycles. The normalized spacial score (nSPS) is 12.1. The van der Waals surface area contributed by atoms with E-state index in [1.54, 1.807) is 62.6 Å². The second-order valence-electron chi connectivity index (χ2n) is 9.10. The zero-order chi connectivity index (χ0) is 29.6. The molecule has 0 bridgehead atoms. The van der Waals surface area contributed by atoms with Crippen LogP contribution in [0.15, 0.2) is 77.9 Å². The minimum atomic E-state index is -4.50. The number of rotatable bonds is 10. The maximum atomic E-state index is 13.7. The average molecular weight is 569 g/mol. The van der Waals surface area contributed by atoms with Gasteiger partial charge in [0.05, 0.1) is 35.5 Å². The molecule has 0 unspecified atom stereocenters. The highest BCUT2D eigenvalue weighted by Crippen LogP contribution is 2.29. The van der Waals surface area contributed by atoms with Crippen LogP contribution in [0.4, 0.5) is 13.2 Å². The fraction of sp³-hybridized carbons (Fsp3) is 0.276. The Morgan fingerprint density at radius 3 is 2.41 bits per heavy atom. The molecule has 9 nitrogen and oxygen atoms in total. The van der Waals surface area contributed by atoms with E-state index in [1.807, 2.05) is 0 Å². The lowest BCUT2D eigenvalue weighted by Gasteiger charge is -2.30. The van der Waals surface area contributed by atoms with Gasteiger partial charge in [0.2, 0.25) is 12.5 Å². The van der Waals surface area contributed by atoms with Crippen molar-refractivity contribution in [1.29, 1.82) is 0 Å². The van der Waals surface area contributed by atoms with Crippen molar-refractivity contribution in [3.8, 4) is 0 Å². The third-order valence-corrected chi connectivity index (χ3v) is 6.25. The van der Waals surface area contributed by atoms with Gasteiger partial charge in [0.1, 0.15) is 0 Å². The van der Waals surface area contributed by atoms with Crippen LogP contribution in [0, 0.1) is 0 Å². The summed E-state index contributed by atoms with van der Waals surface area (Å²) in [5.74, 6) is -1.10. The molecule has 214 valence electrons. The number of fused-ring (bicyclic) bond motifs is 1. The number of esters is 1. The highest BCUT2D eigenvalue weighted by atomic mass is 19.4. The van der Waals surface area contributed by atoms with Crippen LogP contribution in [-0.2, 0) is 33.5 Å². The minimum Gasteiger partial charge on any atom is -0.463 e. The number of hydrogen-bond donors (Lipinski definition) is 0. The topological polar surface area (TPSA) is 104 Å². The molecule has 0 saturated carbocycles. The molecular formula is C29H27F3N4O5. The van der Waals surface area contributed by atoms with Crippen molar-refractivity contribution < 1.29 is 32.3 Å². The summed E-state index contributed by atoms with van der Waals surface area (Å²) in [6.45, 7) is 2.87. The second-order valence-corrected chi connectivity index (χ2v) is 9.10. The summed E-state index contributed by atoms with van der Waals surface area (Å²) in [6.07, 6.45) is -1.57. The number of hydrogen-bond acceptors (Lipinski definition) is 7. The summed E-state index contributed by atoms with van der Waals surface area (Å²) in [7, 11) is 0. The number of amides is 1. The lowest BCUT2D eigenvalue weighted by Crippen LogP contribution is -2.41. The summed E-state index contributed by atoms with van der Waals surface area (Å²) in [5.41, 5.74) is -0.0152. The number of carbonyl (C=O) groups is 2. The molecule has 0 N–H and O–H groups in total. The molecule has 2 aromatic carbocycles. The predicted molar refractivity (Wildman–Crippen MR) is 142 cm³/mol. The number of benzene rings is 2. The molecule has 4 aromatic rings. The van der Waals surface area contributed by atoms with Gasteiger partial charge in [0.25, 0.3) is 5.56 Å². The summed E-state index contributed by atoms with van der Waals surface area (Å²) in [6, 6.07) is 13.5. The molecule has 41 heavy (non-hydrogen) atoms. The summed E-state index contributed by atoms with van der Waals surface area (Å²) in [5, 5.41) is 0.238.